The predicted molar refractivity (Wildman–Crippen MR) is 414 cm³/mol. The minimum Gasteiger partial charge on any atom is -0.462 e. The van der Waals surface area contributed by atoms with Crippen molar-refractivity contribution >= 4 is 39.5 Å². The van der Waals surface area contributed by atoms with Crippen LogP contribution in [0.25, 0.3) is 0 Å². The molecule has 600 valence electrons. The maximum atomic E-state index is 13.1. The van der Waals surface area contributed by atoms with E-state index in [9.17, 15) is 43.2 Å². The summed E-state index contributed by atoms with van der Waals surface area (Å²) >= 11 is 0. The minimum absolute atomic E-state index is 0.106. The van der Waals surface area contributed by atoms with Gasteiger partial charge in [0.25, 0.3) is 0 Å². The van der Waals surface area contributed by atoms with Crippen LogP contribution < -0.4 is 0 Å². The van der Waals surface area contributed by atoms with Gasteiger partial charge in [0.2, 0.25) is 0 Å². The molecule has 3 N–H and O–H groups in total. The van der Waals surface area contributed by atoms with Crippen LogP contribution in [0.15, 0.2) is 0 Å². The van der Waals surface area contributed by atoms with Crippen molar-refractivity contribution in [3.05, 3.63) is 0 Å². The summed E-state index contributed by atoms with van der Waals surface area (Å²) in [6.07, 6.45) is 58.3. The van der Waals surface area contributed by atoms with Crippen LogP contribution in [0.1, 0.15) is 421 Å². The first-order valence-corrected chi connectivity index (χ1v) is 45.2. The van der Waals surface area contributed by atoms with E-state index in [2.05, 4.69) is 55.4 Å². The van der Waals surface area contributed by atoms with Crippen LogP contribution in [0.3, 0.4) is 0 Å². The number of ether oxygens (including phenoxy) is 4. The molecule has 0 aliphatic heterocycles. The van der Waals surface area contributed by atoms with E-state index < -0.39 is 97.5 Å². The summed E-state index contributed by atoms with van der Waals surface area (Å²) in [5, 5.41) is 10.6. The lowest BCUT2D eigenvalue weighted by Crippen LogP contribution is -2.30. The highest BCUT2D eigenvalue weighted by atomic mass is 31.2. The van der Waals surface area contributed by atoms with Gasteiger partial charge in [-0.05, 0) is 49.4 Å². The van der Waals surface area contributed by atoms with E-state index >= 15 is 0 Å². The largest absolute Gasteiger partial charge is 0.472 e. The van der Waals surface area contributed by atoms with Crippen LogP contribution in [0.5, 0.6) is 0 Å². The van der Waals surface area contributed by atoms with E-state index in [0.717, 1.165) is 114 Å². The first-order chi connectivity index (χ1) is 48.6. The molecule has 0 saturated carbocycles. The van der Waals surface area contributed by atoms with Crippen molar-refractivity contribution in [2.75, 3.05) is 39.6 Å². The standard InChI is InChI=1S/C82H160O17P2/c1-9-75(8)61-53-45-37-28-22-16-14-12-10-11-13-15-17-23-30-40-48-56-64-81(86)98-77(68-92-79(84)62-54-46-38-29-24-18-20-26-34-42-50-58-72(2)3)70-96-100(88,89)94-66-76(83)67-95-101(90,91)97-71-78(69-93-80(85)63-55-47-39-33-32-36-44-52-60-74(6)7)99-82(87)65-57-49-41-31-25-19-21-27-35-43-51-59-73(4)5/h72-78,83H,9-71H2,1-8H3,(H,88,89)(H,90,91)/t75?,76?,77-,78-/m1/s1. The first kappa shape index (κ1) is 99.1. The van der Waals surface area contributed by atoms with Crippen molar-refractivity contribution in [3.8, 4) is 0 Å². The summed E-state index contributed by atoms with van der Waals surface area (Å²) in [5.74, 6) is 1.02. The summed E-state index contributed by atoms with van der Waals surface area (Å²) in [7, 11) is -9.92. The van der Waals surface area contributed by atoms with Gasteiger partial charge in [-0.1, -0.05) is 370 Å². The van der Waals surface area contributed by atoms with Crippen LogP contribution in [-0.4, -0.2) is 96.7 Å². The molecule has 0 rings (SSSR count). The smallest absolute Gasteiger partial charge is 0.462 e. The fourth-order valence-electron chi connectivity index (χ4n) is 12.6. The Labute approximate surface area is 619 Å². The molecule has 0 radical (unpaired) electrons. The van der Waals surface area contributed by atoms with Crippen LogP contribution in [0, 0.1) is 23.7 Å². The van der Waals surface area contributed by atoms with Crippen molar-refractivity contribution < 1.29 is 80.2 Å². The van der Waals surface area contributed by atoms with Gasteiger partial charge < -0.3 is 33.8 Å². The molecule has 17 nitrogen and oxygen atoms in total. The molecule has 0 saturated heterocycles. The molecule has 0 aliphatic carbocycles. The zero-order chi connectivity index (χ0) is 74.6. The molecule has 0 aromatic carbocycles. The highest BCUT2D eigenvalue weighted by Crippen LogP contribution is 2.45. The van der Waals surface area contributed by atoms with E-state index in [1.54, 1.807) is 0 Å². The summed E-state index contributed by atoms with van der Waals surface area (Å²) in [5.41, 5.74) is 0. The molecule has 0 heterocycles. The number of esters is 4. The van der Waals surface area contributed by atoms with Gasteiger partial charge in [-0.2, -0.15) is 0 Å². The molecule has 101 heavy (non-hydrogen) atoms. The lowest BCUT2D eigenvalue weighted by molar-refractivity contribution is -0.161. The first-order valence-electron chi connectivity index (χ1n) is 42.2. The predicted octanol–water partition coefficient (Wildman–Crippen LogP) is 24.4. The Morgan fingerprint density at radius 1 is 0.277 bits per heavy atom. The fraction of sp³-hybridized carbons (Fsp3) is 0.951. The lowest BCUT2D eigenvalue weighted by atomic mass is 9.99. The van der Waals surface area contributed by atoms with Crippen LogP contribution in [0.2, 0.25) is 0 Å². The molecule has 0 fully saturated rings. The normalized spacial score (nSPS) is 14.3. The van der Waals surface area contributed by atoms with Gasteiger partial charge in [-0.25, -0.2) is 9.13 Å². The number of carbonyl (C=O) groups is 4. The Hall–Kier alpha value is -1.94. The number of aliphatic hydroxyl groups excluding tert-OH is 1. The van der Waals surface area contributed by atoms with Gasteiger partial charge in [-0.15, -0.1) is 0 Å². The second kappa shape index (κ2) is 71.0. The maximum absolute atomic E-state index is 13.1. The minimum atomic E-state index is -4.96. The number of phosphoric ester groups is 2. The van der Waals surface area contributed by atoms with Crippen LogP contribution in [0.4, 0.5) is 0 Å². The Bertz CT molecular complexity index is 1970. The molecule has 0 aromatic heterocycles. The van der Waals surface area contributed by atoms with E-state index in [4.69, 9.17) is 37.0 Å². The third-order valence-electron chi connectivity index (χ3n) is 19.4. The molecule has 4 unspecified atom stereocenters. The maximum Gasteiger partial charge on any atom is 0.472 e. The summed E-state index contributed by atoms with van der Waals surface area (Å²) < 4.78 is 68.7. The van der Waals surface area contributed by atoms with Crippen molar-refractivity contribution in [3.63, 3.8) is 0 Å². The quantitative estimate of drug-likeness (QED) is 0.0222. The number of carbonyl (C=O) groups excluding carboxylic acids is 4. The number of hydrogen-bond donors (Lipinski definition) is 3. The van der Waals surface area contributed by atoms with Gasteiger partial charge in [0, 0.05) is 25.7 Å². The molecule has 6 atom stereocenters. The number of hydrogen-bond acceptors (Lipinski definition) is 15. The topological polar surface area (TPSA) is 237 Å². The zero-order valence-corrected chi connectivity index (χ0v) is 68.3. The molecular weight excluding hydrogens is 1320 g/mol. The second-order valence-corrected chi connectivity index (χ2v) is 34.1. The SMILES string of the molecule is CCC(C)CCCCCCCCCCCCCCCCCCCCC(=O)O[C@H](COC(=O)CCCCCCCCCCCCCC(C)C)COP(=O)(O)OCC(O)COP(=O)(O)OC[C@@H](COC(=O)CCCCCCCCCCC(C)C)OC(=O)CCCCCCCCCCCCCC(C)C. The Morgan fingerprint density at radius 3 is 0.703 bits per heavy atom. The van der Waals surface area contributed by atoms with E-state index in [1.807, 2.05) is 0 Å². The van der Waals surface area contributed by atoms with Gasteiger partial charge in [0.15, 0.2) is 12.2 Å². The average molecular weight is 1480 g/mol. The number of unbranched alkanes of at least 4 members (excludes halogenated alkanes) is 44. The van der Waals surface area contributed by atoms with Crippen LogP contribution in [-0.2, 0) is 65.4 Å². The van der Waals surface area contributed by atoms with Gasteiger partial charge >= 0.3 is 39.5 Å². The van der Waals surface area contributed by atoms with Crippen molar-refractivity contribution in [2.45, 2.75) is 440 Å². The monoisotopic (exact) mass is 1480 g/mol. The third kappa shape index (κ3) is 74.7. The van der Waals surface area contributed by atoms with Crippen molar-refractivity contribution in [1.82, 2.24) is 0 Å². The average Bonchev–Trinajstić information content (AvgIpc) is 0.982. The molecular formula is C82H160O17P2. The van der Waals surface area contributed by atoms with Gasteiger partial charge in [-0.3, -0.25) is 37.3 Å². The van der Waals surface area contributed by atoms with Gasteiger partial charge in [0.05, 0.1) is 26.4 Å². The number of aliphatic hydroxyl groups is 1. The Morgan fingerprint density at radius 2 is 0.475 bits per heavy atom. The van der Waals surface area contributed by atoms with Crippen molar-refractivity contribution in [2.24, 2.45) is 23.7 Å². The summed E-state index contributed by atoms with van der Waals surface area (Å²) in [6, 6.07) is 0. The second-order valence-electron chi connectivity index (χ2n) is 31.2. The molecule has 0 bridgehead atoms. The van der Waals surface area contributed by atoms with Gasteiger partial charge in [0.1, 0.15) is 19.3 Å². The molecule has 0 spiro atoms. The highest BCUT2D eigenvalue weighted by Gasteiger charge is 2.30. The van der Waals surface area contributed by atoms with E-state index in [-0.39, 0.29) is 25.7 Å². The number of phosphoric acid groups is 2. The fourth-order valence-corrected chi connectivity index (χ4v) is 14.2. The molecule has 0 aliphatic rings. The Balaban J connectivity index is 5.22. The summed E-state index contributed by atoms with van der Waals surface area (Å²) in [6.45, 7) is 14.3. The lowest BCUT2D eigenvalue weighted by Gasteiger charge is -2.21. The van der Waals surface area contributed by atoms with E-state index in [1.165, 1.54) is 225 Å². The highest BCUT2D eigenvalue weighted by molar-refractivity contribution is 7.47. The molecule has 0 aromatic rings. The number of rotatable bonds is 79. The molecule has 19 heteroatoms. The van der Waals surface area contributed by atoms with Crippen molar-refractivity contribution in [1.29, 1.82) is 0 Å². The molecule has 0 amide bonds. The Kier molecular flexibility index (Phi) is 69.6. The van der Waals surface area contributed by atoms with E-state index in [0.29, 0.717) is 25.7 Å². The van der Waals surface area contributed by atoms with Crippen LogP contribution >= 0.6 is 15.6 Å². The third-order valence-corrected chi connectivity index (χ3v) is 21.3. The zero-order valence-electron chi connectivity index (χ0n) is 66.5. The summed E-state index contributed by atoms with van der Waals surface area (Å²) in [4.78, 5) is 73.0.